The maximum absolute atomic E-state index is 5.42. The molecular formula is C15H19N3O3. The van der Waals surface area contributed by atoms with Crippen LogP contribution in [0.5, 0.6) is 17.2 Å². The molecule has 6 nitrogen and oxygen atoms in total. The molecule has 0 fully saturated rings. The summed E-state index contributed by atoms with van der Waals surface area (Å²) < 4.78 is 16.2. The predicted octanol–water partition coefficient (Wildman–Crippen LogP) is 1.67. The third-order valence-corrected chi connectivity index (χ3v) is 3.77. The zero-order valence-corrected chi connectivity index (χ0v) is 12.4. The van der Waals surface area contributed by atoms with Crippen molar-refractivity contribution in [2.45, 2.75) is 12.5 Å². The van der Waals surface area contributed by atoms with Crippen molar-refractivity contribution in [1.82, 2.24) is 15.3 Å². The maximum atomic E-state index is 5.42. The third-order valence-electron chi connectivity index (χ3n) is 3.77. The molecular weight excluding hydrogens is 270 g/mol. The van der Waals surface area contributed by atoms with Crippen LogP contribution in [0, 0.1) is 0 Å². The Morgan fingerprint density at radius 1 is 1.10 bits per heavy atom. The van der Waals surface area contributed by atoms with Gasteiger partial charge in [0.1, 0.15) is 0 Å². The molecule has 0 aliphatic carbocycles. The first kappa shape index (κ1) is 13.8. The summed E-state index contributed by atoms with van der Waals surface area (Å²) in [5.41, 5.74) is 3.24. The molecule has 112 valence electrons. The number of imidazole rings is 1. The lowest BCUT2D eigenvalue weighted by atomic mass is 9.97. The van der Waals surface area contributed by atoms with Crippen molar-refractivity contribution in [3.8, 4) is 17.2 Å². The average Bonchev–Trinajstić information content (AvgIpc) is 3.01. The van der Waals surface area contributed by atoms with Gasteiger partial charge in [-0.15, -0.1) is 0 Å². The number of rotatable bonds is 4. The van der Waals surface area contributed by atoms with E-state index in [9.17, 15) is 0 Å². The summed E-state index contributed by atoms with van der Waals surface area (Å²) in [7, 11) is 4.84. The summed E-state index contributed by atoms with van der Waals surface area (Å²) >= 11 is 0. The zero-order valence-electron chi connectivity index (χ0n) is 12.4. The topological polar surface area (TPSA) is 68.4 Å². The molecule has 0 bridgehead atoms. The molecule has 2 heterocycles. The Balaban J connectivity index is 2.08. The smallest absolute Gasteiger partial charge is 0.203 e. The van der Waals surface area contributed by atoms with E-state index in [0.29, 0.717) is 17.2 Å². The summed E-state index contributed by atoms with van der Waals surface area (Å²) in [6.07, 6.45) is 2.69. The number of aromatic amines is 1. The average molecular weight is 289 g/mol. The van der Waals surface area contributed by atoms with Crippen molar-refractivity contribution >= 4 is 0 Å². The van der Waals surface area contributed by atoms with Crippen LogP contribution in [0.3, 0.4) is 0 Å². The van der Waals surface area contributed by atoms with Crippen LogP contribution >= 0.6 is 0 Å². The second kappa shape index (κ2) is 5.65. The Bertz CT molecular complexity index is 614. The molecule has 21 heavy (non-hydrogen) atoms. The van der Waals surface area contributed by atoms with Crippen LogP contribution in [0.2, 0.25) is 0 Å². The van der Waals surface area contributed by atoms with Crippen molar-refractivity contribution in [2.24, 2.45) is 0 Å². The molecule has 1 aliphatic rings. The van der Waals surface area contributed by atoms with Gasteiger partial charge in [0.2, 0.25) is 5.75 Å². The number of hydrogen-bond donors (Lipinski definition) is 2. The van der Waals surface area contributed by atoms with Gasteiger partial charge in [-0.25, -0.2) is 4.98 Å². The van der Waals surface area contributed by atoms with Crippen molar-refractivity contribution < 1.29 is 14.2 Å². The summed E-state index contributed by atoms with van der Waals surface area (Å²) in [6, 6.07) is 3.94. The fourth-order valence-electron chi connectivity index (χ4n) is 2.76. The maximum Gasteiger partial charge on any atom is 0.203 e. The lowest BCUT2D eigenvalue weighted by Crippen LogP contribution is -2.30. The van der Waals surface area contributed by atoms with Gasteiger partial charge >= 0.3 is 0 Å². The van der Waals surface area contributed by atoms with Crippen molar-refractivity contribution in [2.75, 3.05) is 27.9 Å². The van der Waals surface area contributed by atoms with Gasteiger partial charge in [0.05, 0.1) is 39.4 Å². The van der Waals surface area contributed by atoms with Gasteiger partial charge in [-0.3, -0.25) is 0 Å². The number of methoxy groups -OCH3 is 3. The minimum absolute atomic E-state index is 0.0220. The number of hydrogen-bond acceptors (Lipinski definition) is 5. The van der Waals surface area contributed by atoms with Gasteiger partial charge < -0.3 is 24.5 Å². The molecule has 1 aromatic carbocycles. The van der Waals surface area contributed by atoms with E-state index in [1.54, 1.807) is 27.7 Å². The lowest BCUT2D eigenvalue weighted by Gasteiger charge is -2.24. The first-order chi connectivity index (χ1) is 10.3. The monoisotopic (exact) mass is 289 g/mol. The van der Waals surface area contributed by atoms with Crippen LogP contribution in [0.1, 0.15) is 23.0 Å². The molecule has 2 N–H and O–H groups in total. The standard InChI is InChI=1S/C15H19N3O3/c1-19-11-6-9(7-12(20-2)15(11)21-3)13-14-10(4-5-16-13)17-8-18-14/h6-8,13,16H,4-5H2,1-3H3,(H,17,18). The number of fused-ring (bicyclic) bond motifs is 1. The number of nitrogens with zero attached hydrogens (tertiary/aromatic N) is 1. The second-order valence-corrected chi connectivity index (χ2v) is 4.86. The Morgan fingerprint density at radius 3 is 2.43 bits per heavy atom. The molecule has 0 amide bonds. The van der Waals surface area contributed by atoms with E-state index in [4.69, 9.17) is 14.2 Å². The second-order valence-electron chi connectivity index (χ2n) is 4.86. The Hall–Kier alpha value is -2.21. The number of ether oxygens (including phenoxy) is 3. The molecule has 1 aromatic heterocycles. The van der Waals surface area contributed by atoms with Gasteiger partial charge in [-0.2, -0.15) is 0 Å². The highest BCUT2D eigenvalue weighted by atomic mass is 16.5. The minimum atomic E-state index is 0.0220. The number of H-pyrrole nitrogens is 1. The van der Waals surface area contributed by atoms with Crippen molar-refractivity contribution in [1.29, 1.82) is 0 Å². The molecule has 1 atom stereocenters. The normalized spacial score (nSPS) is 17.2. The highest BCUT2D eigenvalue weighted by Gasteiger charge is 2.26. The largest absolute Gasteiger partial charge is 0.493 e. The van der Waals surface area contributed by atoms with Crippen molar-refractivity contribution in [3.63, 3.8) is 0 Å². The van der Waals surface area contributed by atoms with E-state index in [2.05, 4.69) is 15.3 Å². The van der Waals surface area contributed by atoms with Gasteiger partial charge in [0.25, 0.3) is 0 Å². The minimum Gasteiger partial charge on any atom is -0.493 e. The number of aromatic nitrogens is 2. The van der Waals surface area contributed by atoms with E-state index in [1.807, 2.05) is 12.1 Å². The van der Waals surface area contributed by atoms with Crippen LogP contribution in [0.15, 0.2) is 18.5 Å². The quantitative estimate of drug-likeness (QED) is 0.896. The van der Waals surface area contributed by atoms with E-state index < -0.39 is 0 Å². The molecule has 3 rings (SSSR count). The summed E-state index contributed by atoms with van der Waals surface area (Å²) in [6.45, 7) is 0.899. The molecule has 2 aromatic rings. The van der Waals surface area contributed by atoms with Crippen LogP contribution in [0.25, 0.3) is 0 Å². The molecule has 1 aliphatic heterocycles. The van der Waals surface area contributed by atoms with Gasteiger partial charge in [-0.1, -0.05) is 0 Å². The first-order valence-electron chi connectivity index (χ1n) is 6.84. The third kappa shape index (κ3) is 2.31. The predicted molar refractivity (Wildman–Crippen MR) is 78.2 cm³/mol. The highest BCUT2D eigenvalue weighted by molar-refractivity contribution is 5.55. The Kier molecular flexibility index (Phi) is 3.70. The summed E-state index contributed by atoms with van der Waals surface area (Å²) in [4.78, 5) is 7.64. The molecule has 0 spiro atoms. The Morgan fingerprint density at radius 2 is 1.81 bits per heavy atom. The SMILES string of the molecule is COc1cc(C2NCCc3[nH]cnc32)cc(OC)c1OC. The van der Waals surface area contributed by atoms with E-state index in [0.717, 1.165) is 24.2 Å². The first-order valence-corrected chi connectivity index (χ1v) is 6.84. The van der Waals surface area contributed by atoms with Crippen LogP contribution in [-0.4, -0.2) is 37.8 Å². The molecule has 0 saturated carbocycles. The van der Waals surface area contributed by atoms with E-state index >= 15 is 0 Å². The fourth-order valence-corrected chi connectivity index (χ4v) is 2.76. The van der Waals surface area contributed by atoms with E-state index in [1.165, 1.54) is 5.69 Å². The highest BCUT2D eigenvalue weighted by Crippen LogP contribution is 2.41. The molecule has 0 saturated heterocycles. The zero-order chi connectivity index (χ0) is 14.8. The molecule has 0 radical (unpaired) electrons. The van der Waals surface area contributed by atoms with Crippen LogP contribution in [0.4, 0.5) is 0 Å². The Labute approximate surface area is 123 Å². The van der Waals surface area contributed by atoms with Gasteiger partial charge in [-0.05, 0) is 17.7 Å². The number of nitrogens with one attached hydrogen (secondary N) is 2. The van der Waals surface area contributed by atoms with Crippen LogP contribution in [-0.2, 0) is 6.42 Å². The van der Waals surface area contributed by atoms with Crippen molar-refractivity contribution in [3.05, 3.63) is 35.4 Å². The van der Waals surface area contributed by atoms with E-state index in [-0.39, 0.29) is 6.04 Å². The molecule has 6 heteroatoms. The summed E-state index contributed by atoms with van der Waals surface area (Å²) in [5.74, 6) is 1.90. The lowest BCUT2D eigenvalue weighted by molar-refractivity contribution is 0.323. The fraction of sp³-hybridized carbons (Fsp3) is 0.400. The molecule has 1 unspecified atom stereocenters. The summed E-state index contributed by atoms with van der Waals surface area (Å²) in [5, 5.41) is 3.48. The number of benzene rings is 1. The van der Waals surface area contributed by atoms with Gasteiger partial charge in [0.15, 0.2) is 11.5 Å². The van der Waals surface area contributed by atoms with Crippen LogP contribution < -0.4 is 19.5 Å². The van der Waals surface area contributed by atoms with Gasteiger partial charge in [0, 0.05) is 18.7 Å².